The number of aryl methyl sites for hydroxylation is 2. The van der Waals surface area contributed by atoms with E-state index in [0.717, 1.165) is 56.4 Å². The highest BCUT2D eigenvalue weighted by atomic mass is 127. The summed E-state index contributed by atoms with van der Waals surface area (Å²) in [4.78, 5) is 11.8. The third-order valence-corrected chi connectivity index (χ3v) is 5.04. The lowest BCUT2D eigenvalue weighted by Crippen LogP contribution is -2.38. The van der Waals surface area contributed by atoms with Gasteiger partial charge in [0.2, 0.25) is 0 Å². The number of aromatic nitrogens is 2. The maximum absolute atomic E-state index is 4.78. The molecule has 1 aromatic carbocycles. The van der Waals surface area contributed by atoms with Crippen LogP contribution in [0.5, 0.6) is 0 Å². The van der Waals surface area contributed by atoms with Gasteiger partial charge < -0.3 is 20.1 Å². The van der Waals surface area contributed by atoms with Crippen LogP contribution in [0.4, 0.5) is 0 Å². The summed E-state index contributed by atoms with van der Waals surface area (Å²) in [5, 5.41) is 6.84. The van der Waals surface area contributed by atoms with E-state index < -0.39 is 0 Å². The van der Waals surface area contributed by atoms with Gasteiger partial charge in [-0.05, 0) is 58.3 Å². The summed E-state index contributed by atoms with van der Waals surface area (Å²) >= 11 is 0. The molecular formula is C20H33IN6. The highest BCUT2D eigenvalue weighted by molar-refractivity contribution is 14.0. The summed E-state index contributed by atoms with van der Waals surface area (Å²) in [6.07, 6.45) is 2.30. The molecule has 6 nitrogen and oxygen atoms in total. The molecule has 0 amide bonds. The van der Waals surface area contributed by atoms with E-state index in [0.29, 0.717) is 5.92 Å². The molecule has 2 N–H and O–H groups in total. The first-order valence-electron chi connectivity index (χ1n) is 9.80. The number of likely N-dealkylation sites (tertiary alicyclic amines) is 1. The number of guanidine groups is 1. The van der Waals surface area contributed by atoms with Gasteiger partial charge in [-0.1, -0.05) is 12.1 Å². The zero-order chi connectivity index (χ0) is 18.4. The molecular weight excluding hydrogens is 451 g/mol. The Morgan fingerprint density at radius 2 is 2.11 bits per heavy atom. The Bertz CT molecular complexity index is 741. The molecule has 0 aliphatic carbocycles. The summed E-state index contributed by atoms with van der Waals surface area (Å²) in [6.45, 7) is 10.2. The lowest BCUT2D eigenvalue weighted by molar-refractivity contribution is 0.397. The van der Waals surface area contributed by atoms with Crippen molar-refractivity contribution in [2.24, 2.45) is 10.9 Å². The van der Waals surface area contributed by atoms with Crippen molar-refractivity contribution in [3.63, 3.8) is 0 Å². The highest BCUT2D eigenvalue weighted by Gasteiger charge is 2.18. The highest BCUT2D eigenvalue weighted by Crippen LogP contribution is 2.16. The van der Waals surface area contributed by atoms with E-state index in [4.69, 9.17) is 4.99 Å². The average Bonchev–Trinajstić information content (AvgIpc) is 3.19. The minimum atomic E-state index is 0. The van der Waals surface area contributed by atoms with E-state index in [-0.39, 0.29) is 24.0 Å². The molecule has 1 fully saturated rings. The van der Waals surface area contributed by atoms with E-state index in [9.17, 15) is 0 Å². The molecule has 7 heteroatoms. The van der Waals surface area contributed by atoms with E-state index >= 15 is 0 Å². The van der Waals surface area contributed by atoms with Crippen LogP contribution in [0.15, 0.2) is 29.3 Å². The van der Waals surface area contributed by atoms with Crippen LogP contribution >= 0.6 is 24.0 Å². The fraction of sp³-hybridized carbons (Fsp3) is 0.600. The number of nitrogens with zero attached hydrogens (tertiary/aromatic N) is 4. The van der Waals surface area contributed by atoms with Gasteiger partial charge in [0.1, 0.15) is 5.82 Å². The third-order valence-electron chi connectivity index (χ3n) is 5.04. The third kappa shape index (κ3) is 6.07. The number of nitrogens with one attached hydrogen (secondary N) is 2. The minimum absolute atomic E-state index is 0. The number of rotatable bonds is 7. The number of aliphatic imine (C=N–C) groups is 1. The Labute approximate surface area is 179 Å². The molecule has 150 valence electrons. The average molecular weight is 484 g/mol. The molecule has 3 rings (SSSR count). The molecule has 0 radical (unpaired) electrons. The lowest BCUT2D eigenvalue weighted by Gasteiger charge is -2.14. The Kier molecular flexibility index (Phi) is 8.82. The first kappa shape index (κ1) is 21.9. The van der Waals surface area contributed by atoms with Gasteiger partial charge in [-0.2, -0.15) is 0 Å². The summed E-state index contributed by atoms with van der Waals surface area (Å²) in [6, 6.07) is 8.34. The Hall–Kier alpha value is -1.35. The molecule has 0 spiro atoms. The normalized spacial score (nSPS) is 17.9. The standard InChI is InChI=1S/C20H32N6.HI/c1-4-21-20(23-14-17-10-13-25(3)15-17)22-11-7-12-26-16(2)24-18-8-5-6-9-19(18)26;/h5-6,8-9,17H,4,7,10-15H2,1-3H3,(H2,21,22,23);1H. The fourth-order valence-corrected chi connectivity index (χ4v) is 3.66. The number of halogens is 1. The van der Waals surface area contributed by atoms with Gasteiger partial charge in [0.05, 0.1) is 11.0 Å². The predicted octanol–water partition coefficient (Wildman–Crippen LogP) is 2.86. The van der Waals surface area contributed by atoms with Crippen molar-refractivity contribution in [2.75, 3.05) is 39.8 Å². The van der Waals surface area contributed by atoms with Crippen molar-refractivity contribution in [1.29, 1.82) is 0 Å². The number of para-hydroxylation sites is 2. The molecule has 27 heavy (non-hydrogen) atoms. The van der Waals surface area contributed by atoms with Gasteiger partial charge in [0.15, 0.2) is 5.96 Å². The molecule has 0 saturated carbocycles. The minimum Gasteiger partial charge on any atom is -0.357 e. The number of fused-ring (bicyclic) bond motifs is 1. The fourth-order valence-electron chi connectivity index (χ4n) is 3.66. The number of hydrogen-bond donors (Lipinski definition) is 2. The van der Waals surface area contributed by atoms with Crippen molar-refractivity contribution in [1.82, 2.24) is 25.1 Å². The summed E-state index contributed by atoms with van der Waals surface area (Å²) in [5.74, 6) is 2.71. The van der Waals surface area contributed by atoms with Crippen LogP contribution < -0.4 is 10.6 Å². The molecule has 1 aromatic heterocycles. The molecule has 1 atom stereocenters. The molecule has 1 aliphatic rings. The van der Waals surface area contributed by atoms with Crippen LogP contribution in [-0.4, -0.2) is 60.2 Å². The smallest absolute Gasteiger partial charge is 0.191 e. The van der Waals surface area contributed by atoms with Crippen LogP contribution in [-0.2, 0) is 6.54 Å². The van der Waals surface area contributed by atoms with E-state index in [2.05, 4.69) is 64.2 Å². The zero-order valence-electron chi connectivity index (χ0n) is 16.7. The zero-order valence-corrected chi connectivity index (χ0v) is 19.1. The molecule has 0 bridgehead atoms. The van der Waals surface area contributed by atoms with E-state index in [1.54, 1.807) is 0 Å². The topological polar surface area (TPSA) is 57.5 Å². The van der Waals surface area contributed by atoms with E-state index in [1.165, 1.54) is 18.5 Å². The first-order chi connectivity index (χ1) is 12.7. The Balaban J connectivity index is 0.00000261. The maximum Gasteiger partial charge on any atom is 0.191 e. The van der Waals surface area contributed by atoms with Crippen molar-refractivity contribution in [2.45, 2.75) is 33.2 Å². The predicted molar refractivity (Wildman–Crippen MR) is 124 cm³/mol. The molecule has 2 heterocycles. The van der Waals surface area contributed by atoms with Gasteiger partial charge in [0.25, 0.3) is 0 Å². The summed E-state index contributed by atoms with van der Waals surface area (Å²) in [5.41, 5.74) is 2.30. The number of benzene rings is 1. The van der Waals surface area contributed by atoms with Crippen molar-refractivity contribution < 1.29 is 0 Å². The summed E-state index contributed by atoms with van der Waals surface area (Å²) < 4.78 is 2.30. The van der Waals surface area contributed by atoms with Crippen molar-refractivity contribution in [3.8, 4) is 0 Å². The molecule has 1 saturated heterocycles. The van der Waals surface area contributed by atoms with Gasteiger partial charge in [-0.3, -0.25) is 4.99 Å². The van der Waals surface area contributed by atoms with E-state index in [1.807, 2.05) is 6.07 Å². The SMILES string of the molecule is CCNC(=NCC1CCN(C)C1)NCCCn1c(C)nc2ccccc21.I. The van der Waals surface area contributed by atoms with Crippen molar-refractivity contribution >= 4 is 41.0 Å². The second-order valence-electron chi connectivity index (χ2n) is 7.22. The van der Waals surface area contributed by atoms with Crippen LogP contribution in [0, 0.1) is 12.8 Å². The Morgan fingerprint density at radius 3 is 2.85 bits per heavy atom. The molecule has 2 aromatic rings. The molecule has 1 aliphatic heterocycles. The van der Waals surface area contributed by atoms with Gasteiger partial charge in [-0.25, -0.2) is 4.98 Å². The number of imidazole rings is 1. The molecule has 1 unspecified atom stereocenters. The second-order valence-corrected chi connectivity index (χ2v) is 7.22. The Morgan fingerprint density at radius 1 is 1.30 bits per heavy atom. The maximum atomic E-state index is 4.78. The quantitative estimate of drug-likeness (QED) is 0.275. The van der Waals surface area contributed by atoms with Crippen LogP contribution in [0.1, 0.15) is 25.6 Å². The van der Waals surface area contributed by atoms with Gasteiger partial charge in [-0.15, -0.1) is 24.0 Å². The first-order valence-corrected chi connectivity index (χ1v) is 9.80. The largest absolute Gasteiger partial charge is 0.357 e. The monoisotopic (exact) mass is 484 g/mol. The van der Waals surface area contributed by atoms with Crippen molar-refractivity contribution in [3.05, 3.63) is 30.1 Å². The number of hydrogen-bond acceptors (Lipinski definition) is 3. The van der Waals surface area contributed by atoms with Gasteiger partial charge in [0, 0.05) is 32.7 Å². The van der Waals surface area contributed by atoms with Crippen LogP contribution in [0.3, 0.4) is 0 Å². The second kappa shape index (κ2) is 10.8. The van der Waals surface area contributed by atoms with Crippen LogP contribution in [0.25, 0.3) is 11.0 Å². The van der Waals surface area contributed by atoms with Gasteiger partial charge >= 0.3 is 0 Å². The lowest BCUT2D eigenvalue weighted by atomic mass is 10.1. The summed E-state index contributed by atoms with van der Waals surface area (Å²) in [7, 11) is 2.19. The van der Waals surface area contributed by atoms with Crippen LogP contribution in [0.2, 0.25) is 0 Å².